The number of hydrogen-bond acceptors (Lipinski definition) is 6. The normalized spacial score (nSPS) is 12.0. The Bertz CT molecular complexity index is 749. The van der Waals surface area contributed by atoms with Gasteiger partial charge in [-0.3, -0.25) is 0 Å². The van der Waals surface area contributed by atoms with Gasteiger partial charge in [0, 0.05) is 5.39 Å². The highest BCUT2D eigenvalue weighted by Crippen LogP contribution is 2.35. The Kier molecular flexibility index (Phi) is 5.30. The van der Waals surface area contributed by atoms with E-state index in [0.717, 1.165) is 0 Å². The van der Waals surface area contributed by atoms with E-state index in [1.807, 2.05) is 0 Å². The van der Waals surface area contributed by atoms with Crippen molar-refractivity contribution in [2.75, 3.05) is 13.7 Å². The summed E-state index contributed by atoms with van der Waals surface area (Å²) in [7, 11) is 1.29. The number of rotatable bonds is 5. The van der Waals surface area contributed by atoms with Crippen LogP contribution in [0, 0.1) is 6.92 Å². The predicted octanol–water partition coefficient (Wildman–Crippen LogP) is 3.62. The Balaban J connectivity index is 2.48. The Morgan fingerprint density at radius 3 is 2.65 bits per heavy atom. The highest BCUT2D eigenvalue weighted by Gasteiger charge is 2.23. The smallest absolute Gasteiger partial charge is 0.346 e. The standard InChI is InChI=1S/C16H17BrO6/c1-5-21-16(19)14-8(2)22-12-7-11(17)13(6-10(12)14)23-9(3)15(18)20-4/h6-7,9H,5H2,1-4H3/t9-/m1/s1. The van der Waals surface area contributed by atoms with Gasteiger partial charge in [0.25, 0.3) is 0 Å². The Morgan fingerprint density at radius 2 is 2.04 bits per heavy atom. The zero-order valence-corrected chi connectivity index (χ0v) is 14.9. The van der Waals surface area contributed by atoms with Crippen molar-refractivity contribution >= 4 is 38.8 Å². The molecule has 1 aromatic carbocycles. The van der Waals surface area contributed by atoms with Crippen molar-refractivity contribution in [3.05, 3.63) is 27.9 Å². The first-order chi connectivity index (χ1) is 10.9. The van der Waals surface area contributed by atoms with Gasteiger partial charge in [0.15, 0.2) is 6.10 Å². The zero-order chi connectivity index (χ0) is 17.1. The third-order valence-electron chi connectivity index (χ3n) is 3.23. The number of methoxy groups -OCH3 is 1. The Morgan fingerprint density at radius 1 is 1.35 bits per heavy atom. The molecule has 0 radical (unpaired) electrons. The van der Waals surface area contributed by atoms with E-state index in [2.05, 4.69) is 20.7 Å². The molecule has 1 heterocycles. The van der Waals surface area contributed by atoms with Crippen molar-refractivity contribution in [3.63, 3.8) is 0 Å². The van der Waals surface area contributed by atoms with Crippen LogP contribution in [0.5, 0.6) is 5.75 Å². The van der Waals surface area contributed by atoms with Gasteiger partial charge >= 0.3 is 11.9 Å². The first-order valence-electron chi connectivity index (χ1n) is 7.03. The number of fused-ring (bicyclic) bond motifs is 1. The van der Waals surface area contributed by atoms with Crippen molar-refractivity contribution in [3.8, 4) is 5.75 Å². The maximum absolute atomic E-state index is 12.1. The molecule has 0 spiro atoms. The fourth-order valence-corrected chi connectivity index (χ4v) is 2.59. The van der Waals surface area contributed by atoms with Gasteiger partial charge in [-0.25, -0.2) is 9.59 Å². The molecule has 2 aromatic rings. The summed E-state index contributed by atoms with van der Waals surface area (Å²) in [4.78, 5) is 23.6. The number of benzene rings is 1. The molecule has 0 unspecified atom stereocenters. The quantitative estimate of drug-likeness (QED) is 0.732. The molecule has 23 heavy (non-hydrogen) atoms. The molecule has 0 aliphatic heterocycles. The summed E-state index contributed by atoms with van der Waals surface area (Å²) in [5, 5.41) is 0.566. The molecule has 0 N–H and O–H groups in total. The molecule has 0 amide bonds. The molecule has 1 atom stereocenters. The molecular weight excluding hydrogens is 368 g/mol. The number of carbonyl (C=O) groups excluding carboxylic acids is 2. The molecule has 0 aliphatic rings. The monoisotopic (exact) mass is 384 g/mol. The van der Waals surface area contributed by atoms with Crippen LogP contribution in [-0.2, 0) is 14.3 Å². The van der Waals surface area contributed by atoms with Crippen LogP contribution in [0.15, 0.2) is 21.0 Å². The summed E-state index contributed by atoms with van der Waals surface area (Å²) in [6, 6.07) is 3.33. The Hall–Kier alpha value is -2.02. The second kappa shape index (κ2) is 7.04. The van der Waals surface area contributed by atoms with Crippen LogP contribution in [0.25, 0.3) is 11.0 Å². The molecule has 124 valence electrons. The summed E-state index contributed by atoms with van der Waals surface area (Å²) in [6.07, 6.45) is -0.784. The van der Waals surface area contributed by atoms with Gasteiger partial charge in [0.05, 0.1) is 18.2 Å². The van der Waals surface area contributed by atoms with Crippen LogP contribution < -0.4 is 4.74 Å². The van der Waals surface area contributed by atoms with Crippen LogP contribution in [0.2, 0.25) is 0 Å². The third-order valence-corrected chi connectivity index (χ3v) is 3.85. The van der Waals surface area contributed by atoms with Gasteiger partial charge in [-0.05, 0) is 48.8 Å². The maximum atomic E-state index is 12.1. The highest BCUT2D eigenvalue weighted by atomic mass is 79.9. The lowest BCUT2D eigenvalue weighted by Crippen LogP contribution is -2.25. The van der Waals surface area contributed by atoms with Crippen LogP contribution in [0.4, 0.5) is 0 Å². The van der Waals surface area contributed by atoms with Crippen LogP contribution in [-0.4, -0.2) is 31.8 Å². The fourth-order valence-electron chi connectivity index (χ4n) is 2.17. The summed E-state index contributed by atoms with van der Waals surface area (Å²) >= 11 is 3.37. The largest absolute Gasteiger partial charge is 0.478 e. The van der Waals surface area contributed by atoms with Crippen molar-refractivity contribution in [1.29, 1.82) is 0 Å². The lowest BCUT2D eigenvalue weighted by Gasteiger charge is -2.13. The fraction of sp³-hybridized carbons (Fsp3) is 0.375. The molecule has 0 bridgehead atoms. The summed E-state index contributed by atoms with van der Waals surface area (Å²) in [5.41, 5.74) is 0.875. The second-order valence-electron chi connectivity index (χ2n) is 4.82. The minimum atomic E-state index is -0.784. The average molecular weight is 385 g/mol. The minimum absolute atomic E-state index is 0.268. The average Bonchev–Trinajstić information content (AvgIpc) is 2.81. The molecule has 0 saturated heterocycles. The molecule has 6 nitrogen and oxygen atoms in total. The molecule has 0 fully saturated rings. The van der Waals surface area contributed by atoms with Crippen LogP contribution in [0.1, 0.15) is 30.0 Å². The number of halogens is 1. The van der Waals surface area contributed by atoms with Crippen LogP contribution in [0.3, 0.4) is 0 Å². The SMILES string of the molecule is CCOC(=O)c1c(C)oc2cc(Br)c(O[C@H](C)C(=O)OC)cc12. The van der Waals surface area contributed by atoms with E-state index in [9.17, 15) is 9.59 Å². The molecule has 1 aromatic heterocycles. The van der Waals surface area contributed by atoms with Gasteiger partial charge in [0.1, 0.15) is 22.7 Å². The molecule has 2 rings (SSSR count). The van der Waals surface area contributed by atoms with E-state index < -0.39 is 18.0 Å². The molecule has 0 saturated carbocycles. The molecular formula is C16H17BrO6. The van der Waals surface area contributed by atoms with Crippen molar-refractivity contribution in [2.45, 2.75) is 26.9 Å². The maximum Gasteiger partial charge on any atom is 0.346 e. The van der Waals surface area contributed by atoms with E-state index in [-0.39, 0.29) is 6.61 Å². The number of esters is 2. The number of hydrogen-bond donors (Lipinski definition) is 0. The van der Waals surface area contributed by atoms with Crippen molar-refractivity contribution in [2.24, 2.45) is 0 Å². The minimum Gasteiger partial charge on any atom is -0.478 e. The topological polar surface area (TPSA) is 75.0 Å². The van der Waals surface area contributed by atoms with E-state index in [4.69, 9.17) is 13.9 Å². The summed E-state index contributed by atoms with van der Waals surface area (Å²) in [5.74, 6) is -0.0886. The first kappa shape index (κ1) is 17.3. The Labute approximate surface area is 141 Å². The van der Waals surface area contributed by atoms with E-state index >= 15 is 0 Å². The third kappa shape index (κ3) is 3.50. The molecule has 7 heteroatoms. The second-order valence-corrected chi connectivity index (χ2v) is 5.67. The van der Waals surface area contributed by atoms with Gasteiger partial charge < -0.3 is 18.6 Å². The first-order valence-corrected chi connectivity index (χ1v) is 7.82. The summed E-state index contributed by atoms with van der Waals surface area (Å²) < 4.78 is 21.5. The van der Waals surface area contributed by atoms with Gasteiger partial charge in [-0.2, -0.15) is 0 Å². The van der Waals surface area contributed by atoms with E-state index in [0.29, 0.717) is 32.5 Å². The van der Waals surface area contributed by atoms with Gasteiger partial charge in [0.2, 0.25) is 0 Å². The number of aryl methyl sites for hydroxylation is 1. The van der Waals surface area contributed by atoms with Crippen LogP contribution >= 0.6 is 15.9 Å². The van der Waals surface area contributed by atoms with Gasteiger partial charge in [-0.15, -0.1) is 0 Å². The molecule has 0 aliphatic carbocycles. The number of furan rings is 1. The van der Waals surface area contributed by atoms with Crippen molar-refractivity contribution in [1.82, 2.24) is 0 Å². The predicted molar refractivity (Wildman–Crippen MR) is 86.7 cm³/mol. The van der Waals surface area contributed by atoms with E-state index in [1.165, 1.54) is 7.11 Å². The summed E-state index contributed by atoms with van der Waals surface area (Å²) in [6.45, 7) is 5.27. The zero-order valence-electron chi connectivity index (χ0n) is 13.3. The van der Waals surface area contributed by atoms with E-state index in [1.54, 1.807) is 32.9 Å². The number of carbonyl (C=O) groups is 2. The highest BCUT2D eigenvalue weighted by molar-refractivity contribution is 9.10. The lowest BCUT2D eigenvalue weighted by molar-refractivity contribution is -0.147. The number of ether oxygens (including phenoxy) is 3. The lowest BCUT2D eigenvalue weighted by atomic mass is 10.1. The van der Waals surface area contributed by atoms with Crippen molar-refractivity contribution < 1.29 is 28.2 Å². The van der Waals surface area contributed by atoms with Gasteiger partial charge in [-0.1, -0.05) is 0 Å².